The van der Waals surface area contributed by atoms with Crippen LogP contribution >= 0.6 is 11.8 Å². The Kier molecular flexibility index (Phi) is 6.97. The Bertz CT molecular complexity index is 801. The number of hydrogen-bond donors (Lipinski definition) is 2. The van der Waals surface area contributed by atoms with Crippen molar-refractivity contribution in [1.82, 2.24) is 10.6 Å². The zero-order chi connectivity index (χ0) is 19.9. The van der Waals surface area contributed by atoms with Crippen LogP contribution in [0.15, 0.2) is 28.1 Å². The fraction of sp³-hybridized carbons (Fsp3) is 0.450. The average Bonchev–Trinajstić information content (AvgIpc) is 3.05. The van der Waals surface area contributed by atoms with E-state index < -0.39 is 0 Å². The maximum Gasteiger partial charge on any atom is 0.264 e. The lowest BCUT2D eigenvalue weighted by molar-refractivity contribution is -0.122. The zero-order valence-corrected chi connectivity index (χ0v) is 16.9. The fourth-order valence-corrected chi connectivity index (χ4v) is 4.02. The number of ether oxygens (including phenoxy) is 2. The first-order chi connectivity index (χ1) is 13.6. The number of amidine groups is 1. The molecule has 8 heteroatoms. The quantitative estimate of drug-likeness (QED) is 0.713. The maximum absolute atomic E-state index is 12.3. The molecule has 1 saturated heterocycles. The molecule has 0 spiro atoms. The van der Waals surface area contributed by atoms with Gasteiger partial charge in [0, 0.05) is 7.05 Å². The van der Waals surface area contributed by atoms with Crippen LogP contribution in [-0.4, -0.2) is 43.8 Å². The second-order valence-corrected chi connectivity index (χ2v) is 7.69. The summed E-state index contributed by atoms with van der Waals surface area (Å²) in [7, 11) is 3.08. The molecule has 2 aliphatic rings. The highest BCUT2D eigenvalue weighted by molar-refractivity contribution is 8.18. The average molecular weight is 404 g/mol. The van der Waals surface area contributed by atoms with Gasteiger partial charge in [-0.1, -0.05) is 25.3 Å². The smallest absolute Gasteiger partial charge is 0.264 e. The van der Waals surface area contributed by atoms with Crippen LogP contribution in [0, 0.1) is 0 Å². The van der Waals surface area contributed by atoms with E-state index >= 15 is 0 Å². The molecule has 1 aliphatic heterocycles. The van der Waals surface area contributed by atoms with Crippen LogP contribution in [-0.2, 0) is 9.59 Å². The zero-order valence-electron chi connectivity index (χ0n) is 16.1. The van der Waals surface area contributed by atoms with E-state index in [1.807, 2.05) is 6.07 Å². The third-order valence-electron chi connectivity index (χ3n) is 4.65. The Labute approximate surface area is 169 Å². The normalized spacial score (nSPS) is 20.3. The van der Waals surface area contributed by atoms with Crippen LogP contribution in [0.1, 0.15) is 37.7 Å². The van der Waals surface area contributed by atoms with Crippen molar-refractivity contribution in [3.8, 4) is 11.5 Å². The molecule has 2 N–H and O–H groups in total. The van der Waals surface area contributed by atoms with Gasteiger partial charge >= 0.3 is 0 Å². The van der Waals surface area contributed by atoms with Crippen molar-refractivity contribution in [2.75, 3.05) is 20.8 Å². The summed E-state index contributed by atoms with van der Waals surface area (Å²) in [6.45, 7) is -0.0907. The molecule has 2 fully saturated rings. The molecule has 0 bridgehead atoms. The number of hydrogen-bond acceptors (Lipinski definition) is 6. The van der Waals surface area contributed by atoms with Crippen molar-refractivity contribution in [3.05, 3.63) is 28.7 Å². The summed E-state index contributed by atoms with van der Waals surface area (Å²) in [6.07, 6.45) is 7.67. The third kappa shape index (κ3) is 5.28. The molecule has 1 saturated carbocycles. The predicted molar refractivity (Wildman–Crippen MR) is 111 cm³/mol. The molecule has 150 valence electrons. The number of amides is 2. The highest BCUT2D eigenvalue weighted by Gasteiger charge is 2.25. The molecule has 0 radical (unpaired) electrons. The summed E-state index contributed by atoms with van der Waals surface area (Å²) < 4.78 is 10.8. The van der Waals surface area contributed by atoms with Crippen LogP contribution in [0.4, 0.5) is 0 Å². The summed E-state index contributed by atoms with van der Waals surface area (Å²) in [6, 6.07) is 5.63. The van der Waals surface area contributed by atoms with Gasteiger partial charge in [-0.3, -0.25) is 14.6 Å². The third-order valence-corrected chi connectivity index (χ3v) is 5.57. The van der Waals surface area contributed by atoms with Gasteiger partial charge in [0.15, 0.2) is 23.3 Å². The first-order valence-corrected chi connectivity index (χ1v) is 10.2. The highest BCUT2D eigenvalue weighted by atomic mass is 32.2. The molecule has 28 heavy (non-hydrogen) atoms. The second-order valence-electron chi connectivity index (χ2n) is 6.66. The summed E-state index contributed by atoms with van der Waals surface area (Å²) in [5.74, 6) is 0.601. The number of nitrogens with zero attached hydrogens (tertiary/aromatic N) is 1. The minimum absolute atomic E-state index is 0.0907. The van der Waals surface area contributed by atoms with Crippen molar-refractivity contribution in [2.45, 2.75) is 38.1 Å². The molecule has 2 amide bonds. The Balaban J connectivity index is 1.70. The lowest BCUT2D eigenvalue weighted by atomic mass is 9.96. The number of aliphatic imine (C=N–C) groups is 1. The van der Waals surface area contributed by atoms with Crippen LogP contribution in [0.3, 0.4) is 0 Å². The van der Waals surface area contributed by atoms with Crippen LogP contribution in [0.5, 0.6) is 11.5 Å². The highest BCUT2D eigenvalue weighted by Crippen LogP contribution is 2.32. The number of nitrogens with one attached hydrogen (secondary N) is 2. The topological polar surface area (TPSA) is 89.0 Å². The minimum atomic E-state index is -0.225. The Morgan fingerprint density at radius 1 is 1.32 bits per heavy atom. The molecule has 1 aromatic carbocycles. The largest absolute Gasteiger partial charge is 0.493 e. The van der Waals surface area contributed by atoms with E-state index in [0.717, 1.165) is 18.4 Å². The lowest BCUT2D eigenvalue weighted by Gasteiger charge is -2.17. The first-order valence-electron chi connectivity index (χ1n) is 9.39. The van der Waals surface area contributed by atoms with E-state index in [1.54, 1.807) is 25.3 Å². The molecular weight excluding hydrogens is 378 g/mol. The van der Waals surface area contributed by atoms with Crippen LogP contribution in [0.25, 0.3) is 6.08 Å². The minimum Gasteiger partial charge on any atom is -0.493 e. The predicted octanol–water partition coefficient (Wildman–Crippen LogP) is 2.71. The standard InChI is InChI=1S/C20H25N3O4S/c1-21-18(24)12-27-15-9-8-13(10-16(15)26-2)11-17-19(25)23-20(28-17)22-14-6-4-3-5-7-14/h8-11,14H,3-7,12H2,1-2H3,(H,21,24)(H,22,23,25)/b17-11-. The number of carbonyl (C=O) groups excluding carboxylic acids is 2. The summed E-state index contributed by atoms with van der Waals surface area (Å²) in [4.78, 5) is 28.9. The van der Waals surface area contributed by atoms with Crippen molar-refractivity contribution < 1.29 is 19.1 Å². The monoisotopic (exact) mass is 403 g/mol. The molecule has 7 nitrogen and oxygen atoms in total. The summed E-state index contributed by atoms with van der Waals surface area (Å²) >= 11 is 1.37. The van der Waals surface area contributed by atoms with Crippen molar-refractivity contribution >= 4 is 34.8 Å². The number of likely N-dealkylation sites (N-methyl/N-ethyl adjacent to an activating group) is 1. The first kappa shape index (κ1) is 20.3. The molecule has 1 aliphatic carbocycles. The molecular formula is C20H25N3O4S. The Morgan fingerprint density at radius 3 is 2.82 bits per heavy atom. The maximum atomic E-state index is 12.3. The van der Waals surface area contributed by atoms with Gasteiger partial charge in [-0.2, -0.15) is 0 Å². The number of carbonyl (C=O) groups is 2. The lowest BCUT2D eigenvalue weighted by Crippen LogP contribution is -2.24. The molecule has 0 atom stereocenters. The van der Waals surface area contributed by atoms with Crippen molar-refractivity contribution in [2.24, 2.45) is 4.99 Å². The van der Waals surface area contributed by atoms with Gasteiger partial charge in [0.1, 0.15) is 0 Å². The van der Waals surface area contributed by atoms with Gasteiger partial charge in [0.25, 0.3) is 11.8 Å². The van der Waals surface area contributed by atoms with E-state index in [0.29, 0.717) is 27.6 Å². The molecule has 0 aromatic heterocycles. The van der Waals surface area contributed by atoms with Gasteiger partial charge in [0.05, 0.1) is 18.1 Å². The fourth-order valence-electron chi connectivity index (χ4n) is 3.12. The second kappa shape index (κ2) is 9.64. The van der Waals surface area contributed by atoms with Crippen LogP contribution in [0.2, 0.25) is 0 Å². The summed E-state index contributed by atoms with van der Waals surface area (Å²) in [5, 5.41) is 6.03. The van der Waals surface area contributed by atoms with Gasteiger partial charge < -0.3 is 20.1 Å². The van der Waals surface area contributed by atoms with Crippen molar-refractivity contribution in [1.29, 1.82) is 0 Å². The summed E-state index contributed by atoms with van der Waals surface area (Å²) in [5.41, 5.74) is 0.806. The van der Waals surface area contributed by atoms with Gasteiger partial charge in [0.2, 0.25) is 0 Å². The Hall–Kier alpha value is -2.48. The number of methoxy groups -OCH3 is 1. The van der Waals surface area contributed by atoms with E-state index in [-0.39, 0.29) is 18.4 Å². The van der Waals surface area contributed by atoms with Gasteiger partial charge in [-0.05, 0) is 48.4 Å². The van der Waals surface area contributed by atoms with E-state index in [4.69, 9.17) is 14.5 Å². The van der Waals surface area contributed by atoms with Gasteiger partial charge in [-0.15, -0.1) is 0 Å². The molecule has 3 rings (SSSR count). The van der Waals surface area contributed by atoms with Gasteiger partial charge in [-0.25, -0.2) is 0 Å². The Morgan fingerprint density at radius 2 is 2.11 bits per heavy atom. The number of benzene rings is 1. The van der Waals surface area contributed by atoms with Crippen molar-refractivity contribution in [3.63, 3.8) is 0 Å². The number of thioether (sulfide) groups is 1. The molecule has 1 aromatic rings. The molecule has 0 unspecified atom stereocenters. The van der Waals surface area contributed by atoms with E-state index in [9.17, 15) is 9.59 Å². The van der Waals surface area contributed by atoms with E-state index in [2.05, 4.69) is 10.6 Å². The SMILES string of the molecule is CNC(=O)COc1ccc(/C=C2\SC(=NC3CCCCC3)NC2=O)cc1OC. The molecule has 1 heterocycles. The number of rotatable bonds is 6. The van der Waals surface area contributed by atoms with E-state index in [1.165, 1.54) is 38.1 Å². The van der Waals surface area contributed by atoms with Crippen LogP contribution < -0.4 is 20.1 Å².